The van der Waals surface area contributed by atoms with Crippen LogP contribution in [0.5, 0.6) is 5.75 Å². The smallest absolute Gasteiger partial charge is 0.270 e. The van der Waals surface area contributed by atoms with Crippen LogP contribution in [0.1, 0.15) is 18.9 Å². The summed E-state index contributed by atoms with van der Waals surface area (Å²) in [5.41, 5.74) is 0.938. The highest BCUT2D eigenvalue weighted by molar-refractivity contribution is 5.43. The molecule has 1 fully saturated rings. The average molecular weight is 265 g/mol. The van der Waals surface area contributed by atoms with E-state index in [1.54, 1.807) is 12.1 Å². The molecule has 1 aromatic carbocycles. The van der Waals surface area contributed by atoms with E-state index in [2.05, 4.69) is 10.6 Å². The Hall–Kier alpha value is -1.66. The summed E-state index contributed by atoms with van der Waals surface area (Å²) in [6.45, 7) is 5.00. The number of nitrogens with one attached hydrogen (secondary N) is 2. The van der Waals surface area contributed by atoms with E-state index in [4.69, 9.17) is 4.74 Å². The highest BCUT2D eigenvalue weighted by atomic mass is 16.6. The van der Waals surface area contributed by atoms with E-state index in [0.29, 0.717) is 24.9 Å². The summed E-state index contributed by atoms with van der Waals surface area (Å²) in [6.07, 6.45) is 1.08. The molecule has 0 saturated carbocycles. The Morgan fingerprint density at radius 3 is 3.05 bits per heavy atom. The number of non-ortho nitro benzene ring substituents is 1. The van der Waals surface area contributed by atoms with Crippen molar-refractivity contribution in [1.29, 1.82) is 0 Å². The summed E-state index contributed by atoms with van der Waals surface area (Å²) in [7, 11) is 0. The molecule has 0 amide bonds. The van der Waals surface area contributed by atoms with E-state index in [-0.39, 0.29) is 10.6 Å². The largest absolute Gasteiger partial charge is 0.494 e. The zero-order valence-corrected chi connectivity index (χ0v) is 11.0. The van der Waals surface area contributed by atoms with E-state index in [1.165, 1.54) is 6.07 Å². The van der Waals surface area contributed by atoms with Crippen molar-refractivity contribution in [3.05, 3.63) is 33.9 Å². The van der Waals surface area contributed by atoms with Crippen LogP contribution in [0.25, 0.3) is 0 Å². The second-order valence-corrected chi connectivity index (χ2v) is 4.55. The quantitative estimate of drug-likeness (QED) is 0.601. The Labute approximate surface area is 112 Å². The fourth-order valence-electron chi connectivity index (χ4n) is 2.20. The van der Waals surface area contributed by atoms with Crippen molar-refractivity contribution in [2.24, 2.45) is 0 Å². The van der Waals surface area contributed by atoms with E-state index in [0.717, 1.165) is 25.1 Å². The number of hydrogen-bond donors (Lipinski definition) is 2. The maximum atomic E-state index is 10.8. The highest BCUT2D eigenvalue weighted by Crippen LogP contribution is 2.24. The fraction of sp³-hybridized carbons (Fsp3) is 0.538. The lowest BCUT2D eigenvalue weighted by Gasteiger charge is -2.14. The molecule has 0 aliphatic carbocycles. The summed E-state index contributed by atoms with van der Waals surface area (Å²) in [5.74, 6) is 0.714. The van der Waals surface area contributed by atoms with Gasteiger partial charge in [0, 0.05) is 36.8 Å². The standard InChI is InChI=1S/C13H19N3O3/c1-2-19-13-4-3-12(16(17)18)7-10(13)8-15-11-5-6-14-9-11/h3-4,7,11,14-15H,2,5-6,8-9H2,1H3. The highest BCUT2D eigenvalue weighted by Gasteiger charge is 2.16. The molecule has 2 rings (SSSR count). The molecule has 1 atom stereocenters. The monoisotopic (exact) mass is 265 g/mol. The molecule has 104 valence electrons. The fourth-order valence-corrected chi connectivity index (χ4v) is 2.20. The molecule has 2 N–H and O–H groups in total. The van der Waals surface area contributed by atoms with E-state index < -0.39 is 0 Å². The van der Waals surface area contributed by atoms with Gasteiger partial charge >= 0.3 is 0 Å². The first-order valence-corrected chi connectivity index (χ1v) is 6.55. The molecule has 0 spiro atoms. The molecule has 1 aliphatic rings. The molecule has 1 unspecified atom stereocenters. The average Bonchev–Trinajstić information content (AvgIpc) is 2.90. The van der Waals surface area contributed by atoms with E-state index >= 15 is 0 Å². The maximum Gasteiger partial charge on any atom is 0.270 e. The predicted octanol–water partition coefficient (Wildman–Crippen LogP) is 1.44. The molecular formula is C13H19N3O3. The minimum atomic E-state index is -0.379. The Morgan fingerprint density at radius 2 is 2.42 bits per heavy atom. The predicted molar refractivity (Wildman–Crippen MR) is 72.4 cm³/mol. The minimum absolute atomic E-state index is 0.102. The third-order valence-corrected chi connectivity index (χ3v) is 3.20. The summed E-state index contributed by atoms with van der Waals surface area (Å²) in [6, 6.07) is 5.16. The molecule has 6 heteroatoms. The molecule has 1 heterocycles. The second kappa shape index (κ2) is 6.49. The van der Waals surface area contributed by atoms with Crippen molar-refractivity contribution >= 4 is 5.69 Å². The third-order valence-electron chi connectivity index (χ3n) is 3.20. The van der Waals surface area contributed by atoms with Crippen LogP contribution in [0.15, 0.2) is 18.2 Å². The Morgan fingerprint density at radius 1 is 1.58 bits per heavy atom. The van der Waals surface area contributed by atoms with Crippen molar-refractivity contribution in [2.45, 2.75) is 25.9 Å². The van der Waals surface area contributed by atoms with Gasteiger partial charge in [0.15, 0.2) is 0 Å². The molecule has 19 heavy (non-hydrogen) atoms. The van der Waals surface area contributed by atoms with Gasteiger partial charge in [-0.15, -0.1) is 0 Å². The van der Waals surface area contributed by atoms with Crippen molar-refractivity contribution in [1.82, 2.24) is 10.6 Å². The zero-order valence-electron chi connectivity index (χ0n) is 11.0. The summed E-state index contributed by atoms with van der Waals surface area (Å²) >= 11 is 0. The van der Waals surface area contributed by atoms with Gasteiger partial charge in [-0.25, -0.2) is 0 Å². The van der Waals surface area contributed by atoms with Crippen LogP contribution in [0, 0.1) is 10.1 Å². The van der Waals surface area contributed by atoms with E-state index in [1.807, 2.05) is 6.92 Å². The zero-order chi connectivity index (χ0) is 13.7. The van der Waals surface area contributed by atoms with Crippen molar-refractivity contribution in [3.63, 3.8) is 0 Å². The van der Waals surface area contributed by atoms with Gasteiger partial charge in [-0.2, -0.15) is 0 Å². The lowest BCUT2D eigenvalue weighted by atomic mass is 10.1. The van der Waals surface area contributed by atoms with Crippen LogP contribution in [0.4, 0.5) is 5.69 Å². The Balaban J connectivity index is 2.09. The normalized spacial score (nSPS) is 18.5. The third kappa shape index (κ3) is 3.65. The van der Waals surface area contributed by atoms with Gasteiger partial charge in [0.25, 0.3) is 5.69 Å². The van der Waals surface area contributed by atoms with Gasteiger partial charge in [0.05, 0.1) is 11.5 Å². The topological polar surface area (TPSA) is 76.4 Å². The van der Waals surface area contributed by atoms with Crippen molar-refractivity contribution < 1.29 is 9.66 Å². The van der Waals surface area contributed by atoms with Gasteiger partial charge in [0.1, 0.15) is 5.75 Å². The van der Waals surface area contributed by atoms with Gasteiger partial charge in [-0.05, 0) is 26.0 Å². The van der Waals surface area contributed by atoms with Crippen LogP contribution in [0.2, 0.25) is 0 Å². The van der Waals surface area contributed by atoms with Crippen LogP contribution in [-0.4, -0.2) is 30.7 Å². The number of hydrogen-bond acceptors (Lipinski definition) is 5. The Kier molecular flexibility index (Phi) is 4.70. The van der Waals surface area contributed by atoms with Crippen LogP contribution >= 0.6 is 0 Å². The van der Waals surface area contributed by atoms with Crippen LogP contribution in [-0.2, 0) is 6.54 Å². The maximum absolute atomic E-state index is 10.8. The van der Waals surface area contributed by atoms with E-state index in [9.17, 15) is 10.1 Å². The summed E-state index contributed by atoms with van der Waals surface area (Å²) < 4.78 is 5.51. The SMILES string of the molecule is CCOc1ccc([N+](=O)[O-])cc1CNC1CCNC1. The molecule has 0 bridgehead atoms. The molecule has 1 saturated heterocycles. The number of nitro benzene ring substituents is 1. The van der Waals surface area contributed by atoms with Crippen LogP contribution < -0.4 is 15.4 Å². The van der Waals surface area contributed by atoms with Gasteiger partial charge in [-0.3, -0.25) is 10.1 Å². The number of ether oxygens (including phenoxy) is 1. The number of benzene rings is 1. The van der Waals surface area contributed by atoms with Crippen molar-refractivity contribution in [3.8, 4) is 5.75 Å². The van der Waals surface area contributed by atoms with Gasteiger partial charge in [-0.1, -0.05) is 0 Å². The molecule has 0 aromatic heterocycles. The Bertz CT molecular complexity index is 445. The first-order chi connectivity index (χ1) is 9.20. The molecule has 0 radical (unpaired) electrons. The van der Waals surface area contributed by atoms with Gasteiger partial charge in [0.2, 0.25) is 0 Å². The summed E-state index contributed by atoms with van der Waals surface area (Å²) in [5, 5.41) is 17.5. The number of nitro groups is 1. The lowest BCUT2D eigenvalue weighted by Crippen LogP contribution is -2.30. The number of nitrogens with zero attached hydrogens (tertiary/aromatic N) is 1. The van der Waals surface area contributed by atoms with Crippen molar-refractivity contribution in [2.75, 3.05) is 19.7 Å². The molecule has 1 aromatic rings. The molecular weight excluding hydrogens is 246 g/mol. The number of rotatable bonds is 6. The molecule has 6 nitrogen and oxygen atoms in total. The first-order valence-electron chi connectivity index (χ1n) is 6.55. The van der Waals surface area contributed by atoms with Gasteiger partial charge < -0.3 is 15.4 Å². The minimum Gasteiger partial charge on any atom is -0.494 e. The summed E-state index contributed by atoms with van der Waals surface area (Å²) in [4.78, 5) is 10.4. The molecule has 1 aliphatic heterocycles. The first kappa shape index (κ1) is 13.8. The van der Waals surface area contributed by atoms with Crippen LogP contribution in [0.3, 0.4) is 0 Å². The lowest BCUT2D eigenvalue weighted by molar-refractivity contribution is -0.384. The second-order valence-electron chi connectivity index (χ2n) is 4.55.